The standard InChI is InChI=1S/C28H31ClN4O3/c1-28(2,3)36-27(35)33-10-7-17(8-11-33)20-12-18-14-25(31-16-19(18)13-23(20)29)32-26(34)22-15-21(22)24-6-4-5-9-30-24/h4-6,9,12-14,16-17,21-22H,7-8,10-11,15H2,1-3H3,(H,31,32,34). The average molecular weight is 507 g/mol. The van der Waals surface area contributed by atoms with Crippen LogP contribution in [0.2, 0.25) is 5.02 Å². The van der Waals surface area contributed by atoms with Crippen LogP contribution < -0.4 is 5.32 Å². The van der Waals surface area contributed by atoms with Crippen molar-refractivity contribution in [2.75, 3.05) is 18.4 Å². The first-order valence-corrected chi connectivity index (χ1v) is 12.8. The molecule has 188 valence electrons. The van der Waals surface area contributed by atoms with E-state index in [-0.39, 0.29) is 29.8 Å². The molecule has 1 aliphatic heterocycles. The fourth-order valence-electron chi connectivity index (χ4n) is 4.89. The number of halogens is 1. The molecule has 36 heavy (non-hydrogen) atoms. The largest absolute Gasteiger partial charge is 0.444 e. The van der Waals surface area contributed by atoms with Crippen LogP contribution in [0.1, 0.15) is 63.1 Å². The second kappa shape index (κ2) is 9.69. The maximum absolute atomic E-state index is 12.8. The van der Waals surface area contributed by atoms with Crippen molar-refractivity contribution in [2.45, 2.75) is 57.5 Å². The third-order valence-corrected chi connectivity index (χ3v) is 7.20. The SMILES string of the molecule is CC(C)(C)OC(=O)N1CCC(c2cc3cc(NC(=O)C4CC4c4ccccn4)ncc3cc2Cl)CC1. The fraction of sp³-hybridized carbons (Fsp3) is 0.429. The molecule has 1 saturated heterocycles. The van der Waals surface area contributed by atoms with Crippen molar-refractivity contribution in [3.63, 3.8) is 0 Å². The normalized spacial score (nSPS) is 20.3. The summed E-state index contributed by atoms with van der Waals surface area (Å²) in [6, 6.07) is 11.7. The number of nitrogens with zero attached hydrogens (tertiary/aromatic N) is 3. The molecule has 1 aromatic carbocycles. The van der Waals surface area contributed by atoms with Crippen LogP contribution in [-0.4, -0.2) is 45.6 Å². The van der Waals surface area contributed by atoms with Gasteiger partial charge >= 0.3 is 6.09 Å². The highest BCUT2D eigenvalue weighted by Gasteiger charge is 2.45. The number of anilines is 1. The van der Waals surface area contributed by atoms with Gasteiger partial charge in [-0.1, -0.05) is 17.7 Å². The summed E-state index contributed by atoms with van der Waals surface area (Å²) in [4.78, 5) is 35.8. The van der Waals surface area contributed by atoms with E-state index in [0.717, 1.165) is 41.3 Å². The summed E-state index contributed by atoms with van der Waals surface area (Å²) in [6.07, 6.45) is 5.67. The molecule has 8 heteroatoms. The minimum Gasteiger partial charge on any atom is -0.444 e. The van der Waals surface area contributed by atoms with Crippen molar-refractivity contribution in [2.24, 2.45) is 5.92 Å². The van der Waals surface area contributed by atoms with E-state index in [9.17, 15) is 9.59 Å². The number of amides is 2. The molecule has 0 spiro atoms. The summed E-state index contributed by atoms with van der Waals surface area (Å²) < 4.78 is 5.51. The zero-order valence-electron chi connectivity index (χ0n) is 20.8. The number of hydrogen-bond acceptors (Lipinski definition) is 5. The lowest BCUT2D eigenvalue weighted by molar-refractivity contribution is -0.117. The van der Waals surface area contributed by atoms with Crippen LogP contribution >= 0.6 is 11.6 Å². The molecule has 2 aliphatic rings. The van der Waals surface area contributed by atoms with Gasteiger partial charge in [0, 0.05) is 53.4 Å². The van der Waals surface area contributed by atoms with E-state index >= 15 is 0 Å². The van der Waals surface area contributed by atoms with Crippen molar-refractivity contribution >= 4 is 40.2 Å². The molecule has 0 radical (unpaired) electrons. The van der Waals surface area contributed by atoms with Crippen LogP contribution in [0.25, 0.3) is 10.8 Å². The first kappa shape index (κ1) is 24.5. The molecule has 1 aliphatic carbocycles. The minimum absolute atomic E-state index is 0.0267. The number of hydrogen-bond donors (Lipinski definition) is 1. The Hall–Kier alpha value is -3.19. The van der Waals surface area contributed by atoms with E-state index in [2.05, 4.69) is 21.4 Å². The van der Waals surface area contributed by atoms with Gasteiger partial charge in [-0.15, -0.1) is 0 Å². The lowest BCUT2D eigenvalue weighted by Crippen LogP contribution is -2.41. The van der Waals surface area contributed by atoms with Gasteiger partial charge in [-0.3, -0.25) is 9.78 Å². The zero-order valence-corrected chi connectivity index (χ0v) is 21.6. The quantitative estimate of drug-likeness (QED) is 0.459. The van der Waals surface area contributed by atoms with Crippen LogP contribution in [0.4, 0.5) is 10.6 Å². The van der Waals surface area contributed by atoms with Crippen LogP contribution in [-0.2, 0) is 9.53 Å². The maximum atomic E-state index is 12.8. The summed E-state index contributed by atoms with van der Waals surface area (Å²) in [5.74, 6) is 0.850. The first-order valence-electron chi connectivity index (χ1n) is 12.5. The van der Waals surface area contributed by atoms with Crippen molar-refractivity contribution in [3.8, 4) is 0 Å². The molecule has 1 saturated carbocycles. The van der Waals surface area contributed by atoms with E-state index in [1.165, 1.54) is 0 Å². The highest BCUT2D eigenvalue weighted by molar-refractivity contribution is 6.32. The molecular weight excluding hydrogens is 476 g/mol. The van der Waals surface area contributed by atoms with E-state index < -0.39 is 5.60 Å². The number of piperidine rings is 1. The van der Waals surface area contributed by atoms with Gasteiger partial charge in [-0.05, 0) is 87.2 Å². The van der Waals surface area contributed by atoms with Crippen molar-refractivity contribution < 1.29 is 14.3 Å². The van der Waals surface area contributed by atoms with Crippen LogP contribution in [0, 0.1) is 5.92 Å². The van der Waals surface area contributed by atoms with E-state index in [0.29, 0.717) is 23.9 Å². The Bertz CT molecular complexity index is 1280. The fourth-order valence-corrected chi connectivity index (χ4v) is 5.22. The van der Waals surface area contributed by atoms with Gasteiger partial charge in [0.25, 0.3) is 0 Å². The van der Waals surface area contributed by atoms with Gasteiger partial charge in [0.05, 0.1) is 0 Å². The summed E-state index contributed by atoms with van der Waals surface area (Å²) in [5.41, 5.74) is 1.52. The number of nitrogens with one attached hydrogen (secondary N) is 1. The number of fused-ring (bicyclic) bond motifs is 1. The Balaban J connectivity index is 1.26. The number of pyridine rings is 2. The van der Waals surface area contributed by atoms with E-state index in [1.54, 1.807) is 17.3 Å². The second-order valence-electron chi connectivity index (χ2n) is 10.7. The maximum Gasteiger partial charge on any atom is 0.410 e. The number of carbonyl (C=O) groups excluding carboxylic acids is 2. The monoisotopic (exact) mass is 506 g/mol. The Labute approximate surface area is 216 Å². The second-order valence-corrected chi connectivity index (χ2v) is 11.1. The Morgan fingerprint density at radius 2 is 1.86 bits per heavy atom. The third-order valence-electron chi connectivity index (χ3n) is 6.87. The van der Waals surface area contributed by atoms with E-state index in [1.807, 2.05) is 51.1 Å². The Morgan fingerprint density at radius 1 is 1.08 bits per heavy atom. The number of ether oxygens (including phenoxy) is 1. The molecule has 1 N–H and O–H groups in total. The molecule has 2 atom stereocenters. The highest BCUT2D eigenvalue weighted by Crippen LogP contribution is 2.47. The van der Waals surface area contributed by atoms with Crippen LogP contribution in [0.15, 0.2) is 48.8 Å². The lowest BCUT2D eigenvalue weighted by Gasteiger charge is -2.34. The molecule has 2 aromatic heterocycles. The Morgan fingerprint density at radius 3 is 2.56 bits per heavy atom. The highest BCUT2D eigenvalue weighted by atomic mass is 35.5. The van der Waals surface area contributed by atoms with Gasteiger partial charge in [-0.25, -0.2) is 9.78 Å². The van der Waals surface area contributed by atoms with Gasteiger partial charge in [0.15, 0.2) is 0 Å². The number of benzene rings is 1. The Kier molecular flexibility index (Phi) is 6.60. The number of carbonyl (C=O) groups is 2. The van der Waals surface area contributed by atoms with Crippen molar-refractivity contribution in [3.05, 3.63) is 65.1 Å². The number of rotatable bonds is 4. The number of aromatic nitrogens is 2. The molecule has 2 fully saturated rings. The molecule has 7 nitrogen and oxygen atoms in total. The molecular formula is C28H31ClN4O3. The molecule has 2 amide bonds. The average Bonchev–Trinajstić information content (AvgIpc) is 3.65. The minimum atomic E-state index is -0.504. The van der Waals surface area contributed by atoms with Gasteiger partial charge in [0.1, 0.15) is 11.4 Å². The molecule has 2 unspecified atom stereocenters. The van der Waals surface area contributed by atoms with Crippen molar-refractivity contribution in [1.82, 2.24) is 14.9 Å². The molecule has 3 aromatic rings. The first-order chi connectivity index (χ1) is 17.2. The predicted octanol–water partition coefficient (Wildman–Crippen LogP) is 6.14. The van der Waals surface area contributed by atoms with Crippen LogP contribution in [0.5, 0.6) is 0 Å². The van der Waals surface area contributed by atoms with Gasteiger partial charge < -0.3 is 15.0 Å². The van der Waals surface area contributed by atoms with E-state index in [4.69, 9.17) is 16.3 Å². The van der Waals surface area contributed by atoms with Gasteiger partial charge in [0.2, 0.25) is 5.91 Å². The molecule has 0 bridgehead atoms. The topological polar surface area (TPSA) is 84.4 Å². The number of likely N-dealkylation sites (tertiary alicyclic amines) is 1. The van der Waals surface area contributed by atoms with Crippen molar-refractivity contribution in [1.29, 1.82) is 0 Å². The smallest absolute Gasteiger partial charge is 0.410 e. The zero-order chi connectivity index (χ0) is 25.4. The summed E-state index contributed by atoms with van der Waals surface area (Å²) in [7, 11) is 0. The summed E-state index contributed by atoms with van der Waals surface area (Å²) in [6.45, 7) is 6.89. The molecule has 5 rings (SSSR count). The summed E-state index contributed by atoms with van der Waals surface area (Å²) >= 11 is 6.66. The van der Waals surface area contributed by atoms with Gasteiger partial charge in [-0.2, -0.15) is 0 Å². The van der Waals surface area contributed by atoms with Crippen LogP contribution in [0.3, 0.4) is 0 Å². The summed E-state index contributed by atoms with van der Waals surface area (Å²) in [5, 5.41) is 5.58. The third kappa shape index (κ3) is 5.46. The predicted molar refractivity (Wildman–Crippen MR) is 140 cm³/mol. The molecule has 3 heterocycles. The lowest BCUT2D eigenvalue weighted by atomic mass is 9.88.